The van der Waals surface area contributed by atoms with Gasteiger partial charge in [-0.3, -0.25) is 14.9 Å². The van der Waals surface area contributed by atoms with Crippen molar-refractivity contribution in [2.24, 2.45) is 0 Å². The molecule has 0 unspecified atom stereocenters. The molecule has 0 saturated carbocycles. The number of anilines is 2. The van der Waals surface area contributed by atoms with Gasteiger partial charge in [0.1, 0.15) is 0 Å². The highest BCUT2D eigenvalue weighted by Gasteiger charge is 2.10. The summed E-state index contributed by atoms with van der Waals surface area (Å²) in [6.07, 6.45) is 0. The van der Waals surface area contributed by atoms with Gasteiger partial charge in [-0.15, -0.1) is 0 Å². The van der Waals surface area contributed by atoms with E-state index in [1.165, 1.54) is 19.1 Å². The van der Waals surface area contributed by atoms with Crippen molar-refractivity contribution in [3.8, 4) is 0 Å². The maximum Gasteiger partial charge on any atom is 0.271 e. The van der Waals surface area contributed by atoms with Gasteiger partial charge in [-0.25, -0.2) is 0 Å². The number of nitrogens with zero attached hydrogens (tertiary/aromatic N) is 1. The molecule has 118 valence electrons. The van der Waals surface area contributed by atoms with Crippen LogP contribution in [0.15, 0.2) is 42.5 Å². The third-order valence-corrected chi connectivity index (χ3v) is 3.41. The summed E-state index contributed by atoms with van der Waals surface area (Å²) in [5.74, 6) is -0.0398. The van der Waals surface area contributed by atoms with Crippen molar-refractivity contribution < 1.29 is 9.72 Å². The Morgan fingerprint density at radius 1 is 1.17 bits per heavy atom. The number of carbonyl (C=O) groups excluding carboxylic acids is 1. The predicted octanol–water partition coefficient (Wildman–Crippen LogP) is 3.91. The van der Waals surface area contributed by atoms with E-state index in [0.717, 1.165) is 5.56 Å². The molecule has 0 aromatic heterocycles. The molecule has 0 aliphatic carbocycles. The first-order chi connectivity index (χ1) is 10.9. The Balaban J connectivity index is 2.14. The zero-order valence-corrected chi connectivity index (χ0v) is 13.4. The number of hydrogen-bond donors (Lipinski definition) is 2. The fourth-order valence-electron chi connectivity index (χ4n) is 1.96. The SMILES string of the molecule is CC(=O)c1cccc(NC(=S)Nc2cc([N+](=O)[O-])ccc2C)c1. The molecule has 2 N–H and O–H groups in total. The normalized spacial score (nSPS) is 10.0. The summed E-state index contributed by atoms with van der Waals surface area (Å²) < 4.78 is 0. The minimum atomic E-state index is -0.461. The first-order valence-electron chi connectivity index (χ1n) is 6.81. The molecule has 2 aromatic rings. The first kappa shape index (κ1) is 16.6. The average molecular weight is 329 g/mol. The van der Waals surface area contributed by atoms with Crippen LogP contribution in [0, 0.1) is 17.0 Å². The van der Waals surface area contributed by atoms with E-state index in [1.54, 1.807) is 30.3 Å². The van der Waals surface area contributed by atoms with Crippen LogP contribution in [0.5, 0.6) is 0 Å². The molecule has 2 rings (SSSR count). The van der Waals surface area contributed by atoms with Crippen molar-refractivity contribution in [2.45, 2.75) is 13.8 Å². The van der Waals surface area contributed by atoms with Crippen LogP contribution in [-0.2, 0) is 0 Å². The summed E-state index contributed by atoms with van der Waals surface area (Å²) in [6, 6.07) is 11.5. The van der Waals surface area contributed by atoms with E-state index < -0.39 is 4.92 Å². The van der Waals surface area contributed by atoms with Crippen LogP contribution < -0.4 is 10.6 Å². The summed E-state index contributed by atoms with van der Waals surface area (Å²) in [5.41, 5.74) is 2.61. The maximum absolute atomic E-state index is 11.4. The van der Waals surface area contributed by atoms with Crippen LogP contribution in [0.3, 0.4) is 0 Å². The Bertz CT molecular complexity index is 790. The van der Waals surface area contributed by atoms with Gasteiger partial charge >= 0.3 is 0 Å². The number of thiocarbonyl (C=S) groups is 1. The first-order valence-corrected chi connectivity index (χ1v) is 7.21. The Kier molecular flexibility index (Phi) is 5.02. The van der Waals surface area contributed by atoms with E-state index in [1.807, 2.05) is 6.92 Å². The van der Waals surface area contributed by atoms with Gasteiger partial charge in [-0.2, -0.15) is 0 Å². The smallest absolute Gasteiger partial charge is 0.271 e. The highest BCUT2D eigenvalue weighted by Crippen LogP contribution is 2.22. The number of nitro benzene ring substituents is 1. The van der Waals surface area contributed by atoms with Gasteiger partial charge in [-0.05, 0) is 43.8 Å². The summed E-state index contributed by atoms with van der Waals surface area (Å²) in [5, 5.41) is 17.0. The topological polar surface area (TPSA) is 84.3 Å². The van der Waals surface area contributed by atoms with E-state index in [2.05, 4.69) is 10.6 Å². The number of aryl methyl sites for hydroxylation is 1. The van der Waals surface area contributed by atoms with E-state index in [4.69, 9.17) is 12.2 Å². The van der Waals surface area contributed by atoms with Gasteiger partial charge in [0.2, 0.25) is 0 Å². The predicted molar refractivity (Wildman–Crippen MR) is 94.1 cm³/mol. The number of benzene rings is 2. The van der Waals surface area contributed by atoms with Crippen LogP contribution in [0.25, 0.3) is 0 Å². The Morgan fingerprint density at radius 2 is 1.91 bits per heavy atom. The van der Waals surface area contributed by atoms with Gasteiger partial charge in [0.15, 0.2) is 10.9 Å². The van der Waals surface area contributed by atoms with Crippen molar-refractivity contribution in [1.82, 2.24) is 0 Å². The quantitative estimate of drug-likeness (QED) is 0.383. The molecule has 0 amide bonds. The fourth-order valence-corrected chi connectivity index (χ4v) is 2.19. The lowest BCUT2D eigenvalue weighted by atomic mass is 10.1. The third-order valence-electron chi connectivity index (χ3n) is 3.21. The van der Waals surface area contributed by atoms with Crippen LogP contribution >= 0.6 is 12.2 Å². The van der Waals surface area contributed by atoms with Gasteiger partial charge in [0.05, 0.1) is 4.92 Å². The lowest BCUT2D eigenvalue weighted by Crippen LogP contribution is -2.19. The van der Waals surface area contributed by atoms with Crippen LogP contribution in [-0.4, -0.2) is 15.8 Å². The molecule has 0 fully saturated rings. The van der Waals surface area contributed by atoms with Gasteiger partial charge in [0, 0.05) is 29.1 Å². The maximum atomic E-state index is 11.4. The highest BCUT2D eigenvalue weighted by molar-refractivity contribution is 7.80. The number of nitro groups is 1. The summed E-state index contributed by atoms with van der Waals surface area (Å²) in [4.78, 5) is 21.8. The molecule has 2 aromatic carbocycles. The number of rotatable bonds is 4. The molecule has 6 nitrogen and oxygen atoms in total. The molecule has 0 spiro atoms. The van der Waals surface area contributed by atoms with E-state index in [-0.39, 0.29) is 16.6 Å². The van der Waals surface area contributed by atoms with E-state index in [9.17, 15) is 14.9 Å². The van der Waals surface area contributed by atoms with Gasteiger partial charge in [-0.1, -0.05) is 18.2 Å². The minimum absolute atomic E-state index is 0.0144. The molecule has 0 saturated heterocycles. The van der Waals surface area contributed by atoms with E-state index in [0.29, 0.717) is 16.9 Å². The average Bonchev–Trinajstić information content (AvgIpc) is 2.49. The number of nitrogens with one attached hydrogen (secondary N) is 2. The molecule has 0 aliphatic heterocycles. The lowest BCUT2D eigenvalue weighted by molar-refractivity contribution is -0.384. The van der Waals surface area contributed by atoms with Gasteiger partial charge in [0.25, 0.3) is 5.69 Å². The Morgan fingerprint density at radius 3 is 2.57 bits per heavy atom. The zero-order chi connectivity index (χ0) is 17.0. The fraction of sp³-hybridized carbons (Fsp3) is 0.125. The highest BCUT2D eigenvalue weighted by atomic mass is 32.1. The van der Waals surface area contributed by atoms with Gasteiger partial charge < -0.3 is 10.6 Å². The molecule has 0 atom stereocenters. The van der Waals surface area contributed by atoms with E-state index >= 15 is 0 Å². The Labute approximate surface area is 138 Å². The lowest BCUT2D eigenvalue weighted by Gasteiger charge is -2.13. The van der Waals surface area contributed by atoms with Crippen molar-refractivity contribution in [3.05, 3.63) is 63.7 Å². The summed E-state index contributed by atoms with van der Waals surface area (Å²) in [6.45, 7) is 3.31. The minimum Gasteiger partial charge on any atom is -0.332 e. The van der Waals surface area contributed by atoms with Crippen molar-refractivity contribution in [1.29, 1.82) is 0 Å². The van der Waals surface area contributed by atoms with Crippen molar-refractivity contribution in [3.63, 3.8) is 0 Å². The van der Waals surface area contributed by atoms with Crippen LogP contribution in [0.4, 0.5) is 17.1 Å². The number of ketones is 1. The molecule has 23 heavy (non-hydrogen) atoms. The molecule has 0 heterocycles. The number of non-ortho nitro benzene ring substituents is 1. The number of hydrogen-bond acceptors (Lipinski definition) is 4. The molecular formula is C16H15N3O3S. The summed E-state index contributed by atoms with van der Waals surface area (Å²) in [7, 11) is 0. The molecule has 0 radical (unpaired) electrons. The second kappa shape index (κ2) is 6.97. The van der Waals surface area contributed by atoms with Crippen molar-refractivity contribution >= 4 is 40.2 Å². The van der Waals surface area contributed by atoms with Crippen LogP contribution in [0.2, 0.25) is 0 Å². The number of Topliss-reactive ketones (excluding diaryl/α,β-unsaturated/α-hetero) is 1. The standard InChI is InChI=1S/C16H15N3O3S/c1-10-6-7-14(19(21)22)9-15(10)18-16(23)17-13-5-3-4-12(8-13)11(2)20/h3-9H,1-2H3,(H2,17,18,23). The molecule has 7 heteroatoms. The molecule has 0 aliphatic rings. The van der Waals surface area contributed by atoms with Crippen molar-refractivity contribution in [2.75, 3.05) is 10.6 Å². The summed E-state index contributed by atoms with van der Waals surface area (Å²) >= 11 is 5.22. The number of carbonyl (C=O) groups is 1. The third kappa shape index (κ3) is 4.33. The zero-order valence-electron chi connectivity index (χ0n) is 12.6. The van der Waals surface area contributed by atoms with Crippen LogP contribution in [0.1, 0.15) is 22.8 Å². The monoisotopic (exact) mass is 329 g/mol. The Hall–Kier alpha value is -2.80. The second-order valence-electron chi connectivity index (χ2n) is 4.97. The second-order valence-corrected chi connectivity index (χ2v) is 5.38. The largest absolute Gasteiger partial charge is 0.332 e. The molecular weight excluding hydrogens is 314 g/mol. The molecule has 0 bridgehead atoms.